The number of morpholine rings is 1. The van der Waals surface area contributed by atoms with Gasteiger partial charge in [0.15, 0.2) is 17.3 Å². The van der Waals surface area contributed by atoms with Crippen LogP contribution >= 0.6 is 0 Å². The van der Waals surface area contributed by atoms with E-state index in [9.17, 15) is 9.90 Å². The van der Waals surface area contributed by atoms with E-state index in [0.717, 1.165) is 81.8 Å². The monoisotopic (exact) mass is 613 g/mol. The van der Waals surface area contributed by atoms with Gasteiger partial charge in [0.2, 0.25) is 0 Å². The third-order valence-electron chi connectivity index (χ3n) is 8.19. The number of ketones is 1. The van der Waals surface area contributed by atoms with E-state index in [4.69, 9.17) is 18.9 Å². The van der Waals surface area contributed by atoms with Gasteiger partial charge in [0.1, 0.15) is 17.2 Å². The van der Waals surface area contributed by atoms with Crippen LogP contribution in [0.15, 0.2) is 61.1 Å². The molecule has 1 aromatic carbocycles. The fourth-order valence-electron chi connectivity index (χ4n) is 5.64. The number of methoxy groups -OCH3 is 1. The normalized spacial score (nSPS) is 16.1. The average Bonchev–Trinajstić information content (AvgIpc) is 3.08. The van der Waals surface area contributed by atoms with E-state index < -0.39 is 0 Å². The summed E-state index contributed by atoms with van der Waals surface area (Å²) in [5.41, 5.74) is 2.69. The van der Waals surface area contributed by atoms with Crippen molar-refractivity contribution < 1.29 is 28.8 Å². The molecule has 3 aromatic heterocycles. The Morgan fingerprint density at radius 1 is 0.956 bits per heavy atom. The van der Waals surface area contributed by atoms with Gasteiger partial charge in [0.05, 0.1) is 51.2 Å². The van der Waals surface area contributed by atoms with Crippen LogP contribution in [0.1, 0.15) is 35.4 Å². The lowest BCUT2D eigenvalue weighted by Gasteiger charge is -2.31. The SMILES string of the molecule is COc1cc2c(Oc3ccc(CC(=O)c4cc(N5CCC(O)CC5)ccn4)nc3)ccnc2cc1OCCCN1CCOCC1. The zero-order chi connectivity index (χ0) is 31.0. The number of hydrogen-bond acceptors (Lipinski definition) is 11. The highest BCUT2D eigenvalue weighted by atomic mass is 16.5. The average molecular weight is 614 g/mol. The van der Waals surface area contributed by atoms with Crippen molar-refractivity contribution in [2.45, 2.75) is 31.8 Å². The van der Waals surface area contributed by atoms with Gasteiger partial charge in [-0.2, -0.15) is 0 Å². The lowest BCUT2D eigenvalue weighted by Crippen LogP contribution is -2.37. The summed E-state index contributed by atoms with van der Waals surface area (Å²) in [5, 5.41) is 10.6. The molecular weight excluding hydrogens is 574 g/mol. The Balaban J connectivity index is 1.08. The molecule has 1 N–H and O–H groups in total. The van der Waals surface area contributed by atoms with E-state index in [-0.39, 0.29) is 18.3 Å². The first-order valence-corrected chi connectivity index (χ1v) is 15.5. The lowest BCUT2D eigenvalue weighted by atomic mass is 10.1. The molecule has 0 bridgehead atoms. The standard InChI is InChI=1S/C34H39N5O6/c1-42-33-21-28-29(22-34(33)44-16-2-11-38-14-17-43-18-15-38)35-10-6-32(28)45-27-4-3-24(37-23-27)19-31(41)30-20-25(5-9-36-30)39-12-7-26(40)8-13-39/h3-6,9-10,20-23,26,40H,2,7-8,11-19H2,1H3. The summed E-state index contributed by atoms with van der Waals surface area (Å²) in [6.07, 6.45) is 7.18. The Hall–Kier alpha value is -4.32. The summed E-state index contributed by atoms with van der Waals surface area (Å²) in [5.74, 6) is 2.28. The van der Waals surface area contributed by atoms with E-state index in [1.165, 1.54) is 0 Å². The maximum absolute atomic E-state index is 13.0. The van der Waals surface area contributed by atoms with Crippen LogP contribution < -0.4 is 19.1 Å². The fourth-order valence-corrected chi connectivity index (χ4v) is 5.64. The van der Waals surface area contributed by atoms with Crippen molar-refractivity contribution in [2.75, 3.05) is 64.6 Å². The summed E-state index contributed by atoms with van der Waals surface area (Å²) in [4.78, 5) is 30.9. The number of ether oxygens (including phenoxy) is 4. The number of piperidine rings is 1. The molecule has 236 valence electrons. The number of carbonyl (C=O) groups excluding carboxylic acids is 1. The Bertz CT molecular complexity index is 1590. The highest BCUT2D eigenvalue weighted by molar-refractivity contribution is 5.96. The van der Waals surface area contributed by atoms with Crippen LogP contribution in [0, 0.1) is 0 Å². The molecule has 0 spiro atoms. The van der Waals surface area contributed by atoms with Gasteiger partial charge in [-0.25, -0.2) is 0 Å². The van der Waals surface area contributed by atoms with E-state index in [1.807, 2.05) is 24.3 Å². The topological polar surface area (TPSA) is 119 Å². The summed E-state index contributed by atoms with van der Waals surface area (Å²) in [7, 11) is 1.62. The minimum Gasteiger partial charge on any atom is -0.493 e. The third-order valence-corrected chi connectivity index (χ3v) is 8.19. The molecule has 11 heteroatoms. The molecule has 5 heterocycles. The largest absolute Gasteiger partial charge is 0.493 e. The van der Waals surface area contributed by atoms with Crippen LogP contribution in [0.2, 0.25) is 0 Å². The number of fused-ring (bicyclic) bond motifs is 1. The van der Waals surface area contributed by atoms with Crippen molar-refractivity contribution in [3.8, 4) is 23.0 Å². The van der Waals surface area contributed by atoms with Gasteiger partial charge in [-0.05, 0) is 55.7 Å². The van der Waals surface area contributed by atoms with E-state index >= 15 is 0 Å². The molecule has 0 aliphatic carbocycles. The second-order valence-corrected chi connectivity index (χ2v) is 11.3. The van der Waals surface area contributed by atoms with E-state index in [0.29, 0.717) is 41.0 Å². The van der Waals surface area contributed by atoms with Gasteiger partial charge in [-0.15, -0.1) is 0 Å². The molecule has 0 unspecified atom stereocenters. The number of nitrogens with zero attached hydrogens (tertiary/aromatic N) is 5. The fraction of sp³-hybridized carbons (Fsp3) is 0.412. The second kappa shape index (κ2) is 14.6. The zero-order valence-corrected chi connectivity index (χ0v) is 25.6. The Labute approximate surface area is 262 Å². The summed E-state index contributed by atoms with van der Waals surface area (Å²) >= 11 is 0. The second-order valence-electron chi connectivity index (χ2n) is 11.3. The maximum atomic E-state index is 13.0. The van der Waals surface area contributed by atoms with Gasteiger partial charge in [0, 0.05) is 68.0 Å². The van der Waals surface area contributed by atoms with E-state index in [2.05, 4.69) is 24.8 Å². The van der Waals surface area contributed by atoms with Crippen molar-refractivity contribution >= 4 is 22.4 Å². The number of aliphatic hydroxyl groups excluding tert-OH is 1. The van der Waals surface area contributed by atoms with Gasteiger partial charge >= 0.3 is 0 Å². The quantitative estimate of drug-likeness (QED) is 0.182. The predicted octanol–water partition coefficient (Wildman–Crippen LogP) is 4.31. The number of hydrogen-bond donors (Lipinski definition) is 1. The highest BCUT2D eigenvalue weighted by Gasteiger charge is 2.19. The molecule has 45 heavy (non-hydrogen) atoms. The van der Waals surface area contributed by atoms with Gasteiger partial charge < -0.3 is 29.0 Å². The Kier molecular flexibility index (Phi) is 9.99. The van der Waals surface area contributed by atoms with Crippen molar-refractivity contribution in [1.82, 2.24) is 19.9 Å². The number of pyridine rings is 3. The van der Waals surface area contributed by atoms with Crippen LogP contribution in [0.5, 0.6) is 23.0 Å². The Morgan fingerprint density at radius 3 is 2.56 bits per heavy atom. The number of anilines is 1. The predicted molar refractivity (Wildman–Crippen MR) is 170 cm³/mol. The van der Waals surface area contributed by atoms with Crippen molar-refractivity contribution in [1.29, 1.82) is 0 Å². The van der Waals surface area contributed by atoms with Crippen molar-refractivity contribution in [3.63, 3.8) is 0 Å². The number of rotatable bonds is 12. The molecule has 6 rings (SSSR count). The first kappa shape index (κ1) is 30.7. The van der Waals surface area contributed by atoms with E-state index in [1.54, 1.807) is 43.9 Å². The molecule has 0 saturated carbocycles. The minimum absolute atomic E-state index is 0.110. The third kappa shape index (κ3) is 7.86. The summed E-state index contributed by atoms with van der Waals surface area (Å²) in [6, 6.07) is 12.9. The first-order chi connectivity index (χ1) is 22.1. The molecule has 11 nitrogen and oxygen atoms in total. The molecule has 2 fully saturated rings. The number of aromatic nitrogens is 3. The minimum atomic E-state index is -0.254. The molecule has 2 aliphatic heterocycles. The van der Waals surface area contributed by atoms with Gasteiger partial charge in [0.25, 0.3) is 0 Å². The number of aliphatic hydroxyl groups is 1. The molecule has 2 saturated heterocycles. The molecule has 0 amide bonds. The van der Waals surface area contributed by atoms with Crippen LogP contribution in [-0.2, 0) is 11.2 Å². The number of Topliss-reactive ketones (excluding diaryl/α,β-unsaturated/α-hetero) is 1. The van der Waals surface area contributed by atoms with Crippen LogP contribution in [0.25, 0.3) is 10.9 Å². The van der Waals surface area contributed by atoms with Gasteiger partial charge in [-0.1, -0.05) is 0 Å². The summed E-state index contributed by atoms with van der Waals surface area (Å²) in [6.45, 7) is 6.54. The summed E-state index contributed by atoms with van der Waals surface area (Å²) < 4.78 is 23.3. The van der Waals surface area contributed by atoms with Gasteiger partial charge in [-0.3, -0.25) is 24.6 Å². The van der Waals surface area contributed by atoms with Crippen molar-refractivity contribution in [3.05, 3.63) is 72.4 Å². The van der Waals surface area contributed by atoms with Crippen molar-refractivity contribution in [2.24, 2.45) is 0 Å². The molecule has 4 aromatic rings. The Morgan fingerprint density at radius 2 is 1.78 bits per heavy atom. The first-order valence-electron chi connectivity index (χ1n) is 15.5. The maximum Gasteiger partial charge on any atom is 0.187 e. The molecule has 0 radical (unpaired) electrons. The van der Waals surface area contributed by atoms with Crippen LogP contribution in [0.4, 0.5) is 5.69 Å². The molecule has 0 atom stereocenters. The van der Waals surface area contributed by atoms with Crippen LogP contribution in [0.3, 0.4) is 0 Å². The molecular formula is C34H39N5O6. The number of benzene rings is 1. The highest BCUT2D eigenvalue weighted by Crippen LogP contribution is 2.37. The molecule has 2 aliphatic rings. The zero-order valence-electron chi connectivity index (χ0n) is 25.6. The van der Waals surface area contributed by atoms with Crippen LogP contribution in [-0.4, -0.2) is 96.5 Å². The lowest BCUT2D eigenvalue weighted by molar-refractivity contribution is 0.0357. The number of carbonyl (C=O) groups is 1. The smallest absolute Gasteiger partial charge is 0.187 e.